The molecule has 86 valence electrons. The van der Waals surface area contributed by atoms with Gasteiger partial charge >= 0.3 is 0 Å². The minimum atomic E-state index is 0.487. The van der Waals surface area contributed by atoms with Crippen molar-refractivity contribution in [2.75, 3.05) is 30.7 Å². The van der Waals surface area contributed by atoms with Gasteiger partial charge in [0.25, 0.3) is 0 Å². The summed E-state index contributed by atoms with van der Waals surface area (Å²) in [7, 11) is 0. The van der Waals surface area contributed by atoms with E-state index < -0.39 is 0 Å². The van der Waals surface area contributed by atoms with Crippen LogP contribution in [0.2, 0.25) is 0 Å². The highest BCUT2D eigenvalue weighted by molar-refractivity contribution is 5.55. The second-order valence-corrected chi connectivity index (χ2v) is 4.68. The number of aromatic nitrogens is 2. The summed E-state index contributed by atoms with van der Waals surface area (Å²) >= 11 is 0. The number of hydrogen-bond donors (Lipinski definition) is 2. The molecule has 0 radical (unpaired) electrons. The number of nitrogens with zero attached hydrogens (tertiary/aromatic N) is 3. The van der Waals surface area contributed by atoms with Crippen LogP contribution in [0.3, 0.4) is 0 Å². The molecule has 0 spiro atoms. The molecule has 0 amide bonds. The first-order chi connectivity index (χ1) is 7.83. The van der Waals surface area contributed by atoms with Crippen LogP contribution in [0.5, 0.6) is 0 Å². The van der Waals surface area contributed by atoms with Gasteiger partial charge in [0.2, 0.25) is 0 Å². The first-order valence-corrected chi connectivity index (χ1v) is 5.88. The van der Waals surface area contributed by atoms with E-state index in [4.69, 9.17) is 5.73 Å². The van der Waals surface area contributed by atoms with Gasteiger partial charge in [0.15, 0.2) is 11.6 Å². The van der Waals surface area contributed by atoms with Crippen LogP contribution in [0.15, 0.2) is 12.4 Å². The third-order valence-corrected chi connectivity index (χ3v) is 3.70. The smallest absolute Gasteiger partial charge is 0.169 e. The number of piperidine rings is 3. The second-order valence-electron chi connectivity index (χ2n) is 4.68. The Hall–Kier alpha value is -1.36. The summed E-state index contributed by atoms with van der Waals surface area (Å²) in [6, 6.07) is 0.487. The highest BCUT2D eigenvalue weighted by Gasteiger charge is 2.34. The quantitative estimate of drug-likeness (QED) is 0.761. The maximum Gasteiger partial charge on any atom is 0.169 e. The van der Waals surface area contributed by atoms with E-state index >= 15 is 0 Å². The number of rotatable bonds is 2. The predicted octanol–water partition coefficient (Wildman–Crippen LogP) is 0.565. The summed E-state index contributed by atoms with van der Waals surface area (Å²) in [5.74, 6) is 2.01. The number of nitrogen functional groups attached to an aromatic ring is 1. The lowest BCUT2D eigenvalue weighted by molar-refractivity contribution is 0.0974. The van der Waals surface area contributed by atoms with Gasteiger partial charge in [-0.25, -0.2) is 9.97 Å². The van der Waals surface area contributed by atoms with Crippen molar-refractivity contribution in [3.05, 3.63) is 12.4 Å². The normalized spacial score (nSPS) is 32.6. The molecule has 4 heterocycles. The standard InChI is InChI=1S/C11H17N5/c12-10-11(14-4-3-13-10)15-9-7-16-5-1-8(9)2-6-16/h3-4,8-9H,1-2,5-7H2,(H2,12,13)(H,14,15). The maximum absolute atomic E-state index is 5.79. The fraction of sp³-hybridized carbons (Fsp3) is 0.636. The third-order valence-electron chi connectivity index (χ3n) is 3.70. The van der Waals surface area contributed by atoms with Crippen molar-refractivity contribution < 1.29 is 0 Å². The van der Waals surface area contributed by atoms with Crippen LogP contribution in [0.25, 0.3) is 0 Å². The molecule has 0 aliphatic carbocycles. The molecule has 3 aliphatic heterocycles. The highest BCUT2D eigenvalue weighted by atomic mass is 15.2. The molecule has 3 saturated heterocycles. The Kier molecular flexibility index (Phi) is 2.40. The fourth-order valence-corrected chi connectivity index (χ4v) is 2.76. The summed E-state index contributed by atoms with van der Waals surface area (Å²) in [6.07, 6.45) is 5.88. The number of nitrogens with two attached hydrogens (primary N) is 1. The average molecular weight is 219 g/mol. The first-order valence-electron chi connectivity index (χ1n) is 5.88. The molecule has 1 atom stereocenters. The van der Waals surface area contributed by atoms with Gasteiger partial charge in [0.1, 0.15) is 0 Å². The molecule has 5 heteroatoms. The molecule has 3 N–H and O–H groups in total. The molecule has 0 saturated carbocycles. The van der Waals surface area contributed by atoms with Crippen molar-refractivity contribution in [3.63, 3.8) is 0 Å². The first kappa shape index (κ1) is 9.84. The molecule has 3 aliphatic rings. The van der Waals surface area contributed by atoms with Crippen LogP contribution < -0.4 is 11.1 Å². The third kappa shape index (κ3) is 1.71. The number of hydrogen-bond acceptors (Lipinski definition) is 5. The minimum Gasteiger partial charge on any atom is -0.381 e. The van der Waals surface area contributed by atoms with Crippen LogP contribution in [0.1, 0.15) is 12.8 Å². The Morgan fingerprint density at radius 3 is 2.62 bits per heavy atom. The van der Waals surface area contributed by atoms with E-state index in [9.17, 15) is 0 Å². The van der Waals surface area contributed by atoms with Gasteiger partial charge in [-0.2, -0.15) is 0 Å². The van der Waals surface area contributed by atoms with E-state index in [1.807, 2.05) is 0 Å². The topological polar surface area (TPSA) is 67.1 Å². The molecule has 1 aromatic rings. The molecular formula is C11H17N5. The van der Waals surface area contributed by atoms with Crippen molar-refractivity contribution in [1.29, 1.82) is 0 Å². The average Bonchev–Trinajstić information content (AvgIpc) is 2.34. The van der Waals surface area contributed by atoms with Crippen molar-refractivity contribution >= 4 is 11.6 Å². The van der Waals surface area contributed by atoms with Gasteiger partial charge in [-0.3, -0.25) is 0 Å². The van der Waals surface area contributed by atoms with E-state index in [2.05, 4.69) is 20.2 Å². The van der Waals surface area contributed by atoms with Crippen LogP contribution >= 0.6 is 0 Å². The maximum atomic E-state index is 5.79. The largest absolute Gasteiger partial charge is 0.381 e. The van der Waals surface area contributed by atoms with Gasteiger partial charge in [0, 0.05) is 25.0 Å². The Bertz CT molecular complexity index is 372. The van der Waals surface area contributed by atoms with Gasteiger partial charge in [-0.05, 0) is 31.8 Å². The second kappa shape index (κ2) is 3.90. The molecule has 3 fully saturated rings. The van der Waals surface area contributed by atoms with Gasteiger partial charge in [-0.15, -0.1) is 0 Å². The van der Waals surface area contributed by atoms with Crippen molar-refractivity contribution in [2.24, 2.45) is 5.92 Å². The number of anilines is 2. The molecule has 4 rings (SSSR count). The van der Waals surface area contributed by atoms with Crippen molar-refractivity contribution in [2.45, 2.75) is 18.9 Å². The highest BCUT2D eigenvalue weighted by Crippen LogP contribution is 2.29. The summed E-state index contributed by atoms with van der Waals surface area (Å²) in [6.45, 7) is 3.61. The lowest BCUT2D eigenvalue weighted by atomic mass is 9.84. The van der Waals surface area contributed by atoms with Gasteiger partial charge in [-0.1, -0.05) is 0 Å². The van der Waals surface area contributed by atoms with E-state index in [1.54, 1.807) is 12.4 Å². The molecular weight excluding hydrogens is 202 g/mol. The molecule has 1 aromatic heterocycles. The van der Waals surface area contributed by atoms with Crippen LogP contribution in [-0.2, 0) is 0 Å². The number of fused-ring (bicyclic) bond motifs is 3. The summed E-state index contributed by atoms with van der Waals surface area (Å²) in [5.41, 5.74) is 5.79. The van der Waals surface area contributed by atoms with Crippen molar-refractivity contribution in [3.8, 4) is 0 Å². The Labute approximate surface area is 95.1 Å². The molecule has 16 heavy (non-hydrogen) atoms. The van der Waals surface area contributed by atoms with E-state index in [-0.39, 0.29) is 0 Å². The zero-order valence-corrected chi connectivity index (χ0v) is 9.26. The fourth-order valence-electron chi connectivity index (χ4n) is 2.76. The lowest BCUT2D eigenvalue weighted by Crippen LogP contribution is -2.53. The van der Waals surface area contributed by atoms with E-state index in [1.165, 1.54) is 25.9 Å². The van der Waals surface area contributed by atoms with Crippen LogP contribution in [-0.4, -0.2) is 40.5 Å². The molecule has 2 bridgehead atoms. The number of nitrogens with one attached hydrogen (secondary N) is 1. The van der Waals surface area contributed by atoms with Crippen molar-refractivity contribution in [1.82, 2.24) is 14.9 Å². The van der Waals surface area contributed by atoms with Crippen LogP contribution in [0, 0.1) is 5.92 Å². The SMILES string of the molecule is Nc1nccnc1NC1CN2CCC1CC2. The van der Waals surface area contributed by atoms with E-state index in [0.717, 1.165) is 18.3 Å². The molecule has 0 aromatic carbocycles. The van der Waals surface area contributed by atoms with Gasteiger partial charge in [0.05, 0.1) is 0 Å². The molecule has 1 unspecified atom stereocenters. The predicted molar refractivity (Wildman–Crippen MR) is 63.0 cm³/mol. The monoisotopic (exact) mass is 219 g/mol. The minimum absolute atomic E-state index is 0.487. The summed E-state index contributed by atoms with van der Waals surface area (Å²) in [5, 5.41) is 3.44. The van der Waals surface area contributed by atoms with Gasteiger partial charge < -0.3 is 16.0 Å². The lowest BCUT2D eigenvalue weighted by Gasteiger charge is -2.45. The Balaban J connectivity index is 1.73. The van der Waals surface area contributed by atoms with Crippen LogP contribution in [0.4, 0.5) is 11.6 Å². The molecule has 5 nitrogen and oxygen atoms in total. The summed E-state index contributed by atoms with van der Waals surface area (Å²) in [4.78, 5) is 10.8. The summed E-state index contributed by atoms with van der Waals surface area (Å²) < 4.78 is 0. The Morgan fingerprint density at radius 2 is 2.00 bits per heavy atom. The van der Waals surface area contributed by atoms with E-state index in [0.29, 0.717) is 11.9 Å². The zero-order valence-electron chi connectivity index (χ0n) is 9.26. The zero-order chi connectivity index (χ0) is 11.0. The Morgan fingerprint density at radius 1 is 1.25 bits per heavy atom.